The summed E-state index contributed by atoms with van der Waals surface area (Å²) < 4.78 is 0. The van der Waals surface area contributed by atoms with Gasteiger partial charge in [0.1, 0.15) is 5.82 Å². The van der Waals surface area contributed by atoms with Crippen LogP contribution in [0.15, 0.2) is 4.79 Å². The predicted octanol–water partition coefficient (Wildman–Crippen LogP) is -0.454. The van der Waals surface area contributed by atoms with E-state index >= 15 is 0 Å². The standard InChI is InChI=1S/C8H9N5O3S/c9-8-12-6-5(7(16)13-8)10-3(11-6)1-17-2-4(14)15/h1-2H2,(H,14,15)(H4,9,10,11,12,13,16). The van der Waals surface area contributed by atoms with Crippen LogP contribution in [0.3, 0.4) is 0 Å². The molecule has 5 N–H and O–H groups in total. The van der Waals surface area contributed by atoms with E-state index in [0.29, 0.717) is 11.6 Å². The van der Waals surface area contributed by atoms with Gasteiger partial charge in [-0.25, -0.2) is 4.98 Å². The summed E-state index contributed by atoms with van der Waals surface area (Å²) in [6, 6.07) is 0. The first-order valence-corrected chi connectivity index (χ1v) is 5.75. The summed E-state index contributed by atoms with van der Waals surface area (Å²) >= 11 is 1.18. The number of carboxylic acids is 1. The second-order valence-electron chi connectivity index (χ2n) is 3.22. The molecule has 2 rings (SSSR count). The molecule has 0 aliphatic carbocycles. The highest BCUT2D eigenvalue weighted by atomic mass is 32.2. The van der Waals surface area contributed by atoms with Crippen molar-refractivity contribution < 1.29 is 9.90 Å². The van der Waals surface area contributed by atoms with Crippen LogP contribution < -0.4 is 11.3 Å². The monoisotopic (exact) mass is 255 g/mol. The summed E-state index contributed by atoms with van der Waals surface area (Å²) in [5.41, 5.74) is 5.45. The number of carboxylic acid groups (broad SMARTS) is 1. The van der Waals surface area contributed by atoms with Crippen LogP contribution >= 0.6 is 11.8 Å². The number of carbonyl (C=O) groups is 1. The van der Waals surface area contributed by atoms with Crippen LogP contribution in [0.5, 0.6) is 0 Å². The minimum atomic E-state index is -0.897. The van der Waals surface area contributed by atoms with Crippen molar-refractivity contribution in [2.24, 2.45) is 0 Å². The molecule has 2 aromatic heterocycles. The third-order valence-electron chi connectivity index (χ3n) is 1.89. The third kappa shape index (κ3) is 2.56. The van der Waals surface area contributed by atoms with Gasteiger partial charge in [-0.2, -0.15) is 4.98 Å². The molecule has 8 nitrogen and oxygen atoms in total. The van der Waals surface area contributed by atoms with Crippen molar-refractivity contribution in [3.05, 3.63) is 16.2 Å². The lowest BCUT2D eigenvalue weighted by Gasteiger charge is -1.92. The van der Waals surface area contributed by atoms with Crippen molar-refractivity contribution in [3.63, 3.8) is 0 Å². The summed E-state index contributed by atoms with van der Waals surface area (Å²) in [6.45, 7) is 0. The minimum Gasteiger partial charge on any atom is -0.481 e. The number of hydrogen-bond acceptors (Lipinski definition) is 6. The molecule has 2 aromatic rings. The van der Waals surface area contributed by atoms with Gasteiger partial charge >= 0.3 is 5.97 Å². The maximum absolute atomic E-state index is 11.4. The smallest absolute Gasteiger partial charge is 0.313 e. The van der Waals surface area contributed by atoms with E-state index in [2.05, 4.69) is 19.9 Å². The number of aromatic amines is 2. The Kier molecular flexibility index (Phi) is 3.00. The largest absolute Gasteiger partial charge is 0.481 e. The molecule has 9 heteroatoms. The Bertz CT molecular complexity index is 619. The van der Waals surface area contributed by atoms with Crippen LogP contribution in [0, 0.1) is 0 Å². The van der Waals surface area contributed by atoms with E-state index in [4.69, 9.17) is 10.8 Å². The molecule has 0 fully saturated rings. The van der Waals surface area contributed by atoms with Crippen molar-refractivity contribution in [2.75, 3.05) is 11.5 Å². The zero-order valence-corrected chi connectivity index (χ0v) is 9.37. The molecule has 0 amide bonds. The number of H-pyrrole nitrogens is 2. The second kappa shape index (κ2) is 4.45. The van der Waals surface area contributed by atoms with Gasteiger partial charge in [-0.1, -0.05) is 0 Å². The number of rotatable bonds is 4. The lowest BCUT2D eigenvalue weighted by molar-refractivity contribution is -0.133. The summed E-state index contributed by atoms with van der Waals surface area (Å²) in [5.74, 6) is -0.0646. The van der Waals surface area contributed by atoms with Gasteiger partial charge in [-0.15, -0.1) is 11.8 Å². The number of aromatic nitrogens is 4. The van der Waals surface area contributed by atoms with Crippen LogP contribution in [-0.2, 0) is 10.5 Å². The Labute approximate surface area is 98.7 Å². The van der Waals surface area contributed by atoms with Crippen LogP contribution in [0.2, 0.25) is 0 Å². The molecule has 0 saturated carbocycles. The zero-order chi connectivity index (χ0) is 12.4. The fourth-order valence-electron chi connectivity index (χ4n) is 1.28. The first-order valence-electron chi connectivity index (χ1n) is 4.60. The van der Waals surface area contributed by atoms with Crippen molar-refractivity contribution in [2.45, 2.75) is 5.75 Å². The molecular weight excluding hydrogens is 246 g/mol. The highest BCUT2D eigenvalue weighted by Gasteiger charge is 2.09. The molecule has 2 heterocycles. The normalized spacial score (nSPS) is 10.8. The fraction of sp³-hybridized carbons (Fsp3) is 0.250. The lowest BCUT2D eigenvalue weighted by Crippen LogP contribution is -2.10. The van der Waals surface area contributed by atoms with E-state index < -0.39 is 11.5 Å². The highest BCUT2D eigenvalue weighted by Crippen LogP contribution is 2.11. The van der Waals surface area contributed by atoms with Gasteiger partial charge in [0.25, 0.3) is 5.56 Å². The van der Waals surface area contributed by atoms with E-state index in [0.717, 1.165) is 0 Å². The average Bonchev–Trinajstić information content (AvgIpc) is 2.60. The molecule has 0 bridgehead atoms. The van der Waals surface area contributed by atoms with E-state index in [1.54, 1.807) is 0 Å². The average molecular weight is 255 g/mol. The van der Waals surface area contributed by atoms with Gasteiger partial charge in [0.15, 0.2) is 11.2 Å². The van der Waals surface area contributed by atoms with Crippen molar-refractivity contribution in [1.29, 1.82) is 0 Å². The molecule has 0 saturated heterocycles. The Morgan fingerprint density at radius 1 is 1.41 bits per heavy atom. The Hall–Kier alpha value is -2.03. The summed E-state index contributed by atoms with van der Waals surface area (Å²) in [6.07, 6.45) is 0. The summed E-state index contributed by atoms with van der Waals surface area (Å²) in [7, 11) is 0. The third-order valence-corrected chi connectivity index (χ3v) is 2.82. The number of nitrogens with zero attached hydrogens (tertiary/aromatic N) is 2. The number of nitrogen functional groups attached to an aromatic ring is 1. The topological polar surface area (TPSA) is 138 Å². The lowest BCUT2D eigenvalue weighted by atomic mass is 10.5. The van der Waals surface area contributed by atoms with E-state index in [1.165, 1.54) is 11.8 Å². The Morgan fingerprint density at radius 2 is 2.18 bits per heavy atom. The SMILES string of the molecule is Nc1nc2nc(CSCC(=O)O)[nH]c2c(=O)[nH]1. The number of hydrogen-bond donors (Lipinski definition) is 4. The quantitative estimate of drug-likeness (QED) is 0.580. The first-order chi connectivity index (χ1) is 8.06. The fourth-order valence-corrected chi connectivity index (χ4v) is 1.88. The number of nitrogens with one attached hydrogen (secondary N) is 2. The van der Waals surface area contributed by atoms with Crippen molar-refractivity contribution in [3.8, 4) is 0 Å². The van der Waals surface area contributed by atoms with E-state index in [-0.39, 0.29) is 22.9 Å². The van der Waals surface area contributed by atoms with Gasteiger partial charge < -0.3 is 15.8 Å². The number of imidazole rings is 1. The highest BCUT2D eigenvalue weighted by molar-refractivity contribution is 7.99. The molecular formula is C8H9N5O3S. The Balaban J connectivity index is 2.23. The minimum absolute atomic E-state index is 0.00117. The molecule has 0 unspecified atom stereocenters. The predicted molar refractivity (Wildman–Crippen MR) is 62.7 cm³/mol. The number of fused-ring (bicyclic) bond motifs is 1. The van der Waals surface area contributed by atoms with Crippen LogP contribution in [0.25, 0.3) is 11.2 Å². The summed E-state index contributed by atoms with van der Waals surface area (Å²) in [5, 5.41) is 8.48. The summed E-state index contributed by atoms with van der Waals surface area (Å²) in [4.78, 5) is 34.8. The molecule has 0 atom stereocenters. The number of thioether (sulfide) groups is 1. The zero-order valence-electron chi connectivity index (χ0n) is 8.56. The van der Waals surface area contributed by atoms with Crippen molar-refractivity contribution >= 4 is 34.8 Å². The molecule has 0 spiro atoms. The molecule has 0 aromatic carbocycles. The van der Waals surface area contributed by atoms with Gasteiger partial charge in [0.2, 0.25) is 5.95 Å². The van der Waals surface area contributed by atoms with Gasteiger partial charge in [0, 0.05) is 0 Å². The Morgan fingerprint density at radius 3 is 2.88 bits per heavy atom. The maximum atomic E-state index is 11.4. The van der Waals surface area contributed by atoms with Crippen molar-refractivity contribution in [1.82, 2.24) is 19.9 Å². The van der Waals surface area contributed by atoms with Gasteiger partial charge in [-0.3, -0.25) is 14.6 Å². The van der Waals surface area contributed by atoms with Crippen LogP contribution in [0.4, 0.5) is 5.95 Å². The molecule has 0 aliphatic rings. The number of aliphatic carboxylic acids is 1. The number of nitrogens with two attached hydrogens (primary N) is 1. The maximum Gasteiger partial charge on any atom is 0.313 e. The van der Waals surface area contributed by atoms with Gasteiger partial charge in [-0.05, 0) is 0 Å². The molecule has 0 aliphatic heterocycles. The second-order valence-corrected chi connectivity index (χ2v) is 4.21. The van der Waals surface area contributed by atoms with Crippen LogP contribution in [-0.4, -0.2) is 36.8 Å². The van der Waals surface area contributed by atoms with E-state index in [9.17, 15) is 9.59 Å². The molecule has 17 heavy (non-hydrogen) atoms. The first kappa shape index (κ1) is 11.5. The molecule has 0 radical (unpaired) electrons. The van der Waals surface area contributed by atoms with E-state index in [1.807, 2.05) is 0 Å². The van der Waals surface area contributed by atoms with Crippen LogP contribution in [0.1, 0.15) is 5.82 Å². The van der Waals surface area contributed by atoms with Gasteiger partial charge in [0.05, 0.1) is 11.5 Å². The molecule has 90 valence electrons. The number of anilines is 1.